The van der Waals surface area contributed by atoms with Crippen molar-refractivity contribution in [3.8, 4) is 0 Å². The van der Waals surface area contributed by atoms with Gasteiger partial charge >= 0.3 is 0 Å². The normalized spacial score (nSPS) is 12.9. The SMILES string of the molecule is CCNc1cc(CC(C)C)nc2ccc(C(C)CC)cc12. The zero-order chi connectivity index (χ0) is 15.4. The third kappa shape index (κ3) is 3.75. The van der Waals surface area contributed by atoms with Crippen molar-refractivity contribution in [2.75, 3.05) is 11.9 Å². The Kier molecular flexibility index (Phi) is 5.22. The van der Waals surface area contributed by atoms with Crippen molar-refractivity contribution in [2.24, 2.45) is 5.92 Å². The van der Waals surface area contributed by atoms with Gasteiger partial charge in [-0.05, 0) is 55.4 Å². The summed E-state index contributed by atoms with van der Waals surface area (Å²) in [4.78, 5) is 4.84. The summed E-state index contributed by atoms with van der Waals surface area (Å²) in [5.74, 6) is 1.23. The number of aromatic nitrogens is 1. The van der Waals surface area contributed by atoms with Gasteiger partial charge in [0.05, 0.1) is 5.52 Å². The van der Waals surface area contributed by atoms with E-state index in [4.69, 9.17) is 4.98 Å². The van der Waals surface area contributed by atoms with Crippen LogP contribution in [0.25, 0.3) is 10.9 Å². The molecule has 0 amide bonds. The average molecular weight is 284 g/mol. The Morgan fingerprint density at radius 2 is 1.86 bits per heavy atom. The maximum absolute atomic E-state index is 4.84. The van der Waals surface area contributed by atoms with E-state index in [9.17, 15) is 0 Å². The minimum absolute atomic E-state index is 0.596. The fourth-order valence-corrected chi connectivity index (χ4v) is 2.70. The van der Waals surface area contributed by atoms with Crippen LogP contribution in [0.5, 0.6) is 0 Å². The van der Waals surface area contributed by atoms with Crippen LogP contribution in [0.15, 0.2) is 24.3 Å². The Labute approximate surface area is 129 Å². The average Bonchev–Trinajstić information content (AvgIpc) is 2.45. The lowest BCUT2D eigenvalue weighted by atomic mass is 9.96. The molecule has 0 aliphatic heterocycles. The summed E-state index contributed by atoms with van der Waals surface area (Å²) in [6.45, 7) is 12.1. The molecule has 1 unspecified atom stereocenters. The molecular weight excluding hydrogens is 256 g/mol. The summed E-state index contributed by atoms with van der Waals surface area (Å²) < 4.78 is 0. The fourth-order valence-electron chi connectivity index (χ4n) is 2.70. The monoisotopic (exact) mass is 284 g/mol. The molecule has 1 atom stereocenters. The van der Waals surface area contributed by atoms with Crippen molar-refractivity contribution in [1.29, 1.82) is 0 Å². The number of anilines is 1. The number of nitrogens with one attached hydrogen (secondary N) is 1. The van der Waals surface area contributed by atoms with E-state index in [1.54, 1.807) is 0 Å². The van der Waals surface area contributed by atoms with E-state index < -0.39 is 0 Å². The van der Waals surface area contributed by atoms with Crippen LogP contribution in [0.1, 0.15) is 58.2 Å². The lowest BCUT2D eigenvalue weighted by Crippen LogP contribution is -2.03. The highest BCUT2D eigenvalue weighted by Crippen LogP contribution is 2.29. The van der Waals surface area contributed by atoms with Crippen molar-refractivity contribution in [3.63, 3.8) is 0 Å². The zero-order valence-electron chi connectivity index (χ0n) is 14.0. The van der Waals surface area contributed by atoms with Gasteiger partial charge in [0.2, 0.25) is 0 Å². The van der Waals surface area contributed by atoms with Crippen LogP contribution in [0.3, 0.4) is 0 Å². The van der Waals surface area contributed by atoms with Crippen molar-refractivity contribution in [1.82, 2.24) is 4.98 Å². The minimum atomic E-state index is 0.596. The number of pyridine rings is 1. The van der Waals surface area contributed by atoms with Gasteiger partial charge in [-0.25, -0.2) is 0 Å². The Bertz CT molecular complexity index is 602. The minimum Gasteiger partial charge on any atom is -0.385 e. The number of rotatable bonds is 6. The molecule has 1 aromatic heterocycles. The Balaban J connectivity index is 2.53. The molecule has 0 aliphatic carbocycles. The molecule has 0 fully saturated rings. The van der Waals surface area contributed by atoms with E-state index in [1.165, 1.54) is 28.8 Å². The second-order valence-corrected chi connectivity index (χ2v) is 6.38. The zero-order valence-corrected chi connectivity index (χ0v) is 14.0. The molecule has 0 bridgehead atoms. The van der Waals surface area contributed by atoms with Gasteiger partial charge in [-0.15, -0.1) is 0 Å². The molecule has 0 spiro atoms. The van der Waals surface area contributed by atoms with E-state index in [2.05, 4.69) is 64.2 Å². The van der Waals surface area contributed by atoms with Gasteiger partial charge in [-0.3, -0.25) is 4.98 Å². The second kappa shape index (κ2) is 6.93. The largest absolute Gasteiger partial charge is 0.385 e. The van der Waals surface area contributed by atoms with Crippen LogP contribution < -0.4 is 5.32 Å². The molecule has 21 heavy (non-hydrogen) atoms. The third-order valence-corrected chi connectivity index (χ3v) is 4.05. The molecule has 2 heteroatoms. The van der Waals surface area contributed by atoms with Crippen LogP contribution in [-0.4, -0.2) is 11.5 Å². The van der Waals surface area contributed by atoms with Gasteiger partial charge in [0, 0.05) is 23.3 Å². The van der Waals surface area contributed by atoms with E-state index in [0.717, 1.165) is 18.5 Å². The topological polar surface area (TPSA) is 24.9 Å². The Hall–Kier alpha value is -1.57. The van der Waals surface area contributed by atoms with Gasteiger partial charge < -0.3 is 5.32 Å². The van der Waals surface area contributed by atoms with Crippen molar-refractivity contribution in [2.45, 2.75) is 53.4 Å². The molecule has 1 aromatic carbocycles. The number of benzene rings is 1. The van der Waals surface area contributed by atoms with Crippen molar-refractivity contribution in [3.05, 3.63) is 35.5 Å². The van der Waals surface area contributed by atoms with Crippen LogP contribution in [0.2, 0.25) is 0 Å². The molecule has 1 heterocycles. The molecule has 2 nitrogen and oxygen atoms in total. The van der Waals surface area contributed by atoms with E-state index in [-0.39, 0.29) is 0 Å². The highest BCUT2D eigenvalue weighted by Gasteiger charge is 2.10. The van der Waals surface area contributed by atoms with Gasteiger partial charge in [0.1, 0.15) is 0 Å². The number of hydrogen-bond donors (Lipinski definition) is 1. The molecule has 0 saturated heterocycles. The highest BCUT2D eigenvalue weighted by atomic mass is 14.9. The first-order chi connectivity index (χ1) is 10.0. The van der Waals surface area contributed by atoms with Crippen molar-refractivity contribution < 1.29 is 0 Å². The van der Waals surface area contributed by atoms with Gasteiger partial charge in [-0.2, -0.15) is 0 Å². The first-order valence-corrected chi connectivity index (χ1v) is 8.22. The third-order valence-electron chi connectivity index (χ3n) is 4.05. The maximum Gasteiger partial charge on any atom is 0.0726 e. The summed E-state index contributed by atoms with van der Waals surface area (Å²) in [7, 11) is 0. The number of fused-ring (bicyclic) bond motifs is 1. The summed E-state index contributed by atoms with van der Waals surface area (Å²) in [5, 5.41) is 4.76. The summed E-state index contributed by atoms with van der Waals surface area (Å²) >= 11 is 0. The predicted octanol–water partition coefficient (Wildman–Crippen LogP) is 5.38. The van der Waals surface area contributed by atoms with E-state index in [1.807, 2.05) is 0 Å². The molecule has 0 radical (unpaired) electrons. The van der Waals surface area contributed by atoms with E-state index >= 15 is 0 Å². The fraction of sp³-hybridized carbons (Fsp3) is 0.526. The summed E-state index contributed by atoms with van der Waals surface area (Å²) in [6.07, 6.45) is 2.20. The standard InChI is InChI=1S/C19H28N2/c1-6-14(5)15-8-9-18-17(11-15)19(20-7-2)12-16(21-18)10-13(3)4/h8-9,11-14H,6-7,10H2,1-5H3,(H,20,21). The second-order valence-electron chi connectivity index (χ2n) is 6.38. The summed E-state index contributed by atoms with van der Waals surface area (Å²) in [6, 6.07) is 8.96. The Morgan fingerprint density at radius 3 is 2.48 bits per heavy atom. The van der Waals surface area contributed by atoms with Crippen LogP contribution in [-0.2, 0) is 6.42 Å². The van der Waals surface area contributed by atoms with Crippen molar-refractivity contribution >= 4 is 16.6 Å². The molecule has 0 saturated carbocycles. The molecule has 2 rings (SSSR count). The lowest BCUT2D eigenvalue weighted by Gasteiger charge is -2.15. The molecular formula is C19H28N2. The smallest absolute Gasteiger partial charge is 0.0726 e. The lowest BCUT2D eigenvalue weighted by molar-refractivity contribution is 0.637. The number of hydrogen-bond acceptors (Lipinski definition) is 2. The maximum atomic E-state index is 4.84. The molecule has 2 aromatic rings. The number of nitrogens with zero attached hydrogens (tertiary/aromatic N) is 1. The van der Waals surface area contributed by atoms with E-state index in [0.29, 0.717) is 11.8 Å². The van der Waals surface area contributed by atoms with Gasteiger partial charge in [-0.1, -0.05) is 33.8 Å². The predicted molar refractivity (Wildman–Crippen MR) is 93.2 cm³/mol. The first kappa shape index (κ1) is 15.8. The summed E-state index contributed by atoms with van der Waals surface area (Å²) in [5.41, 5.74) is 4.92. The van der Waals surface area contributed by atoms with Crippen LogP contribution in [0.4, 0.5) is 5.69 Å². The molecule has 0 aliphatic rings. The van der Waals surface area contributed by atoms with Gasteiger partial charge in [0.25, 0.3) is 0 Å². The Morgan fingerprint density at radius 1 is 1.10 bits per heavy atom. The molecule has 1 N–H and O–H groups in total. The van der Waals surface area contributed by atoms with Crippen LogP contribution in [0, 0.1) is 5.92 Å². The first-order valence-electron chi connectivity index (χ1n) is 8.22. The molecule has 114 valence electrons. The van der Waals surface area contributed by atoms with Gasteiger partial charge in [0.15, 0.2) is 0 Å². The quantitative estimate of drug-likeness (QED) is 0.770. The highest BCUT2D eigenvalue weighted by molar-refractivity contribution is 5.92. The van der Waals surface area contributed by atoms with Crippen LogP contribution >= 0.6 is 0 Å².